The number of hydrogen-bond donors (Lipinski definition) is 3. The summed E-state index contributed by atoms with van der Waals surface area (Å²) in [5.74, 6) is -2.05. The fourth-order valence-corrected chi connectivity index (χ4v) is 3.14. The lowest BCUT2D eigenvalue weighted by Gasteiger charge is -2.14. The van der Waals surface area contributed by atoms with Gasteiger partial charge < -0.3 is 10.8 Å². The number of primary amides is 1. The summed E-state index contributed by atoms with van der Waals surface area (Å²) in [7, 11) is -4.03. The van der Waals surface area contributed by atoms with Crippen LogP contribution >= 0.6 is 0 Å². The van der Waals surface area contributed by atoms with Gasteiger partial charge in [-0.15, -0.1) is 0 Å². The summed E-state index contributed by atoms with van der Waals surface area (Å²) < 4.78 is 26.5. The maximum Gasteiger partial charge on any atom is 0.335 e. The molecule has 0 bridgehead atoms. The molecule has 1 unspecified atom stereocenters. The third kappa shape index (κ3) is 3.34. The second-order valence-electron chi connectivity index (χ2n) is 4.47. The molecule has 0 spiro atoms. The number of nitrogens with two attached hydrogens (primary N) is 1. The highest BCUT2D eigenvalue weighted by Crippen LogP contribution is 2.21. The first-order valence-electron chi connectivity index (χ1n) is 5.72. The van der Waals surface area contributed by atoms with Crippen molar-refractivity contribution in [2.75, 3.05) is 0 Å². The summed E-state index contributed by atoms with van der Waals surface area (Å²) in [4.78, 5) is 21.7. The van der Waals surface area contributed by atoms with Crippen LogP contribution in [0.4, 0.5) is 0 Å². The van der Waals surface area contributed by atoms with Crippen molar-refractivity contribution >= 4 is 21.9 Å². The van der Waals surface area contributed by atoms with E-state index in [1.165, 1.54) is 13.0 Å². The number of benzene rings is 1. The van der Waals surface area contributed by atoms with Crippen molar-refractivity contribution in [2.45, 2.75) is 31.7 Å². The highest BCUT2D eigenvalue weighted by molar-refractivity contribution is 7.89. The quantitative estimate of drug-likeness (QED) is 0.713. The number of carbonyl (C=O) groups is 2. The highest BCUT2D eigenvalue weighted by atomic mass is 32.2. The molecule has 0 radical (unpaired) electrons. The first-order chi connectivity index (χ1) is 9.06. The number of rotatable bonds is 5. The summed E-state index contributed by atoms with van der Waals surface area (Å²) in [6.45, 7) is 4.48. The van der Waals surface area contributed by atoms with E-state index in [2.05, 4.69) is 4.72 Å². The molecule has 0 aliphatic carbocycles. The zero-order chi connectivity index (χ0) is 15.7. The van der Waals surface area contributed by atoms with Crippen LogP contribution in [0.3, 0.4) is 0 Å². The molecule has 0 fully saturated rings. The molecule has 0 saturated heterocycles. The van der Waals surface area contributed by atoms with Crippen molar-refractivity contribution in [3.8, 4) is 0 Å². The van der Waals surface area contributed by atoms with E-state index < -0.39 is 27.9 Å². The molecule has 7 nitrogen and oxygen atoms in total. The van der Waals surface area contributed by atoms with E-state index in [1.54, 1.807) is 13.8 Å². The van der Waals surface area contributed by atoms with Gasteiger partial charge in [-0.05, 0) is 44.0 Å². The molecular weight excluding hydrogens is 284 g/mol. The maximum absolute atomic E-state index is 12.2. The Balaban J connectivity index is 3.38. The number of carboxylic acid groups (broad SMARTS) is 1. The lowest BCUT2D eigenvalue weighted by Crippen LogP contribution is -2.42. The molecule has 0 saturated carbocycles. The van der Waals surface area contributed by atoms with Crippen molar-refractivity contribution in [1.82, 2.24) is 4.72 Å². The second kappa shape index (κ2) is 5.59. The van der Waals surface area contributed by atoms with Gasteiger partial charge in [0.05, 0.1) is 16.5 Å². The van der Waals surface area contributed by atoms with Crippen LogP contribution in [-0.4, -0.2) is 31.4 Å². The van der Waals surface area contributed by atoms with E-state index >= 15 is 0 Å². The molecule has 20 heavy (non-hydrogen) atoms. The second-order valence-corrected chi connectivity index (χ2v) is 6.15. The predicted molar refractivity (Wildman–Crippen MR) is 71.9 cm³/mol. The van der Waals surface area contributed by atoms with E-state index in [1.807, 2.05) is 0 Å². The molecule has 1 aromatic rings. The Morgan fingerprint density at radius 3 is 2.30 bits per heavy atom. The van der Waals surface area contributed by atoms with Crippen LogP contribution in [-0.2, 0) is 14.8 Å². The molecule has 0 heterocycles. The fraction of sp³-hybridized carbons (Fsp3) is 0.333. The van der Waals surface area contributed by atoms with E-state index in [0.29, 0.717) is 11.1 Å². The van der Waals surface area contributed by atoms with Crippen LogP contribution in [0.2, 0.25) is 0 Å². The molecule has 1 amide bonds. The van der Waals surface area contributed by atoms with Gasteiger partial charge in [0.1, 0.15) is 0 Å². The molecule has 110 valence electrons. The molecule has 0 aromatic heterocycles. The van der Waals surface area contributed by atoms with E-state index in [0.717, 1.165) is 6.07 Å². The zero-order valence-electron chi connectivity index (χ0n) is 11.3. The van der Waals surface area contributed by atoms with Crippen LogP contribution in [0.1, 0.15) is 28.4 Å². The summed E-state index contributed by atoms with van der Waals surface area (Å²) in [6, 6.07) is 1.35. The molecule has 1 rings (SSSR count). The number of amides is 1. The Morgan fingerprint density at radius 1 is 1.30 bits per heavy atom. The average Bonchev–Trinajstić information content (AvgIpc) is 2.31. The molecule has 0 aliphatic rings. The summed E-state index contributed by atoms with van der Waals surface area (Å²) in [5, 5.41) is 8.97. The molecular formula is C12H16N2O5S. The number of carbonyl (C=O) groups excluding carboxylic acids is 1. The SMILES string of the molecule is Cc1cc(C(=O)O)cc(S(=O)(=O)NC(C)C(N)=O)c1C. The van der Waals surface area contributed by atoms with E-state index in [-0.39, 0.29) is 10.5 Å². The third-order valence-corrected chi connectivity index (χ3v) is 4.58. The van der Waals surface area contributed by atoms with Gasteiger partial charge in [0.15, 0.2) is 0 Å². The highest BCUT2D eigenvalue weighted by Gasteiger charge is 2.24. The minimum Gasteiger partial charge on any atom is -0.478 e. The average molecular weight is 300 g/mol. The molecule has 8 heteroatoms. The third-order valence-electron chi connectivity index (χ3n) is 2.91. The molecule has 4 N–H and O–H groups in total. The minimum absolute atomic E-state index is 0.139. The first-order valence-corrected chi connectivity index (χ1v) is 7.20. The Bertz CT molecular complexity index is 667. The number of nitrogens with one attached hydrogen (secondary N) is 1. The van der Waals surface area contributed by atoms with Gasteiger partial charge in [-0.3, -0.25) is 4.79 Å². The monoisotopic (exact) mass is 300 g/mol. The van der Waals surface area contributed by atoms with Crippen molar-refractivity contribution in [3.63, 3.8) is 0 Å². The first kappa shape index (κ1) is 16.1. The van der Waals surface area contributed by atoms with Crippen LogP contribution in [0, 0.1) is 13.8 Å². The lowest BCUT2D eigenvalue weighted by atomic mass is 10.1. The standard InChI is InChI=1S/C12H16N2O5S/c1-6-4-9(12(16)17)5-10(7(6)2)20(18,19)14-8(3)11(13)15/h4-5,8,14H,1-3H3,(H2,13,15)(H,16,17). The van der Waals surface area contributed by atoms with Crippen LogP contribution in [0.5, 0.6) is 0 Å². The smallest absolute Gasteiger partial charge is 0.335 e. The summed E-state index contributed by atoms with van der Waals surface area (Å²) in [5.41, 5.74) is 5.81. The Morgan fingerprint density at radius 2 is 1.85 bits per heavy atom. The van der Waals surface area contributed by atoms with Gasteiger partial charge in [0.25, 0.3) is 0 Å². The van der Waals surface area contributed by atoms with Crippen LogP contribution in [0.15, 0.2) is 17.0 Å². The van der Waals surface area contributed by atoms with Crippen molar-refractivity contribution in [3.05, 3.63) is 28.8 Å². The topological polar surface area (TPSA) is 127 Å². The normalized spacial score (nSPS) is 12.9. The zero-order valence-corrected chi connectivity index (χ0v) is 12.1. The molecule has 0 aliphatic heterocycles. The van der Waals surface area contributed by atoms with Crippen LogP contribution < -0.4 is 10.5 Å². The molecule has 1 atom stereocenters. The Hall–Kier alpha value is -1.93. The number of aryl methyl sites for hydroxylation is 1. The van der Waals surface area contributed by atoms with Gasteiger partial charge in [-0.1, -0.05) is 0 Å². The van der Waals surface area contributed by atoms with E-state index in [4.69, 9.17) is 10.8 Å². The number of carboxylic acids is 1. The van der Waals surface area contributed by atoms with Gasteiger partial charge in [-0.2, -0.15) is 4.72 Å². The van der Waals surface area contributed by atoms with E-state index in [9.17, 15) is 18.0 Å². The Kier molecular flexibility index (Phi) is 4.51. The van der Waals surface area contributed by atoms with Crippen LogP contribution in [0.25, 0.3) is 0 Å². The maximum atomic E-state index is 12.2. The summed E-state index contributed by atoms with van der Waals surface area (Å²) in [6.07, 6.45) is 0. The van der Waals surface area contributed by atoms with Gasteiger partial charge >= 0.3 is 5.97 Å². The number of hydrogen-bond acceptors (Lipinski definition) is 4. The number of aromatic carboxylic acids is 1. The molecule has 1 aromatic carbocycles. The Labute approximate surface area is 116 Å². The van der Waals surface area contributed by atoms with Gasteiger partial charge in [0, 0.05) is 0 Å². The number of sulfonamides is 1. The largest absolute Gasteiger partial charge is 0.478 e. The lowest BCUT2D eigenvalue weighted by molar-refractivity contribution is -0.119. The minimum atomic E-state index is -4.03. The van der Waals surface area contributed by atoms with Crippen molar-refractivity contribution in [2.24, 2.45) is 5.73 Å². The van der Waals surface area contributed by atoms with Crippen molar-refractivity contribution < 1.29 is 23.1 Å². The van der Waals surface area contributed by atoms with Gasteiger partial charge in [-0.25, -0.2) is 13.2 Å². The fourth-order valence-electron chi connectivity index (χ4n) is 1.58. The van der Waals surface area contributed by atoms with Gasteiger partial charge in [0.2, 0.25) is 15.9 Å². The summed E-state index contributed by atoms with van der Waals surface area (Å²) >= 11 is 0. The van der Waals surface area contributed by atoms with Crippen molar-refractivity contribution in [1.29, 1.82) is 0 Å². The predicted octanol–water partition coefficient (Wildman–Crippen LogP) is 0.154.